The van der Waals surface area contributed by atoms with Crippen LogP contribution in [0.2, 0.25) is 0 Å². The van der Waals surface area contributed by atoms with Gasteiger partial charge in [-0.3, -0.25) is 0 Å². The van der Waals surface area contributed by atoms with Gasteiger partial charge >= 0.3 is 18.0 Å². The summed E-state index contributed by atoms with van der Waals surface area (Å²) >= 11 is 0. The van der Waals surface area contributed by atoms with Crippen LogP contribution in [0, 0.1) is 0 Å². The number of alkyl halides is 8. The Balaban J connectivity index is 4.69. The molecule has 14 heavy (non-hydrogen) atoms. The Labute approximate surface area is 72.6 Å². The number of ether oxygens (including phenoxy) is 1. The highest BCUT2D eigenvalue weighted by Crippen LogP contribution is 2.46. The van der Waals surface area contributed by atoms with Gasteiger partial charge in [0.1, 0.15) is 6.61 Å². The van der Waals surface area contributed by atoms with Crippen LogP contribution in [0.3, 0.4) is 0 Å². The molecule has 0 spiro atoms. The fourth-order valence-corrected chi connectivity index (χ4v) is 0.465. The molecule has 0 rings (SSSR count). The van der Waals surface area contributed by atoms with E-state index >= 15 is 0 Å². The Morgan fingerprint density at radius 2 is 1.29 bits per heavy atom. The Bertz CT molecular complexity index is 185. The molecule has 0 unspecified atom stereocenters. The average molecular weight is 232 g/mol. The smallest absolute Gasteiger partial charge is 0.344 e. The molecule has 0 fully saturated rings. The van der Waals surface area contributed by atoms with E-state index in [1.54, 1.807) is 0 Å². The summed E-state index contributed by atoms with van der Waals surface area (Å²) in [4.78, 5) is 0. The van der Waals surface area contributed by atoms with Crippen LogP contribution in [0.4, 0.5) is 35.1 Å². The lowest BCUT2D eigenvalue weighted by molar-refractivity contribution is -0.362. The van der Waals surface area contributed by atoms with Crippen LogP contribution in [0.5, 0.6) is 0 Å². The van der Waals surface area contributed by atoms with Crippen molar-refractivity contribution in [3.05, 3.63) is 0 Å². The Morgan fingerprint density at radius 1 is 0.857 bits per heavy atom. The lowest BCUT2D eigenvalue weighted by atomic mass is 10.2. The van der Waals surface area contributed by atoms with Crippen LogP contribution in [-0.2, 0) is 4.74 Å². The number of hydrogen-bond acceptors (Lipinski definition) is 1. The summed E-state index contributed by atoms with van der Waals surface area (Å²) in [5, 5.41) is 0. The molecule has 0 aliphatic carbocycles. The van der Waals surface area contributed by atoms with E-state index in [9.17, 15) is 35.1 Å². The van der Waals surface area contributed by atoms with Crippen LogP contribution < -0.4 is 0 Å². The minimum Gasteiger partial charge on any atom is -0.344 e. The minimum absolute atomic E-state index is 1.87. The second-order valence-corrected chi connectivity index (χ2v) is 2.23. The SMILES string of the molecule is FCOCC(F)(F)C(F)(F)C(F)(F)F. The highest BCUT2D eigenvalue weighted by molar-refractivity contribution is 4.90. The first kappa shape index (κ1) is 13.4. The molecule has 0 N–H and O–H groups in total. The Hall–Kier alpha value is -0.600. The van der Waals surface area contributed by atoms with Crippen molar-refractivity contribution in [2.45, 2.75) is 18.0 Å². The van der Waals surface area contributed by atoms with Crippen LogP contribution >= 0.6 is 0 Å². The van der Waals surface area contributed by atoms with Gasteiger partial charge in [0.25, 0.3) is 0 Å². The lowest BCUT2D eigenvalue weighted by Gasteiger charge is -2.27. The van der Waals surface area contributed by atoms with Crippen LogP contribution in [0.25, 0.3) is 0 Å². The standard InChI is InChI=1S/C5H4F8O/c6-2-14-1-3(7,8)4(9,10)5(11,12)13/h1-2H2. The minimum atomic E-state index is -6.41. The summed E-state index contributed by atoms with van der Waals surface area (Å²) in [5.41, 5.74) is 0. The highest BCUT2D eigenvalue weighted by Gasteiger charge is 2.72. The first-order valence-electron chi connectivity index (χ1n) is 3.02. The van der Waals surface area contributed by atoms with Crippen molar-refractivity contribution in [1.82, 2.24) is 0 Å². The molecule has 0 aromatic rings. The molecule has 0 saturated heterocycles. The van der Waals surface area contributed by atoms with E-state index in [0.717, 1.165) is 0 Å². The molecular weight excluding hydrogens is 228 g/mol. The topological polar surface area (TPSA) is 9.23 Å². The van der Waals surface area contributed by atoms with Crippen LogP contribution in [-0.4, -0.2) is 31.5 Å². The zero-order valence-corrected chi connectivity index (χ0v) is 6.35. The lowest BCUT2D eigenvalue weighted by Crippen LogP contribution is -2.54. The van der Waals surface area contributed by atoms with Crippen LogP contribution in [0.15, 0.2) is 0 Å². The van der Waals surface area contributed by atoms with E-state index in [4.69, 9.17) is 0 Å². The highest BCUT2D eigenvalue weighted by atomic mass is 19.4. The number of halogens is 8. The van der Waals surface area contributed by atoms with Crippen molar-refractivity contribution in [1.29, 1.82) is 0 Å². The number of rotatable bonds is 4. The van der Waals surface area contributed by atoms with Gasteiger partial charge in [-0.1, -0.05) is 0 Å². The van der Waals surface area contributed by atoms with Gasteiger partial charge < -0.3 is 4.74 Å². The van der Waals surface area contributed by atoms with Crippen molar-refractivity contribution in [2.75, 3.05) is 13.5 Å². The zero-order chi connectivity index (χ0) is 11.6. The van der Waals surface area contributed by atoms with Gasteiger partial charge in [0.05, 0.1) is 0 Å². The summed E-state index contributed by atoms with van der Waals surface area (Å²) in [5.74, 6) is -11.7. The summed E-state index contributed by atoms with van der Waals surface area (Å²) in [6.07, 6.45) is -6.41. The van der Waals surface area contributed by atoms with E-state index < -0.39 is 31.5 Å². The predicted molar refractivity (Wildman–Crippen MR) is 27.9 cm³/mol. The maximum atomic E-state index is 12.1. The second kappa shape index (κ2) is 3.87. The van der Waals surface area contributed by atoms with Crippen molar-refractivity contribution < 1.29 is 39.9 Å². The van der Waals surface area contributed by atoms with Crippen molar-refractivity contribution >= 4 is 0 Å². The molecule has 0 aliphatic rings. The zero-order valence-electron chi connectivity index (χ0n) is 6.35. The molecule has 0 aliphatic heterocycles. The van der Waals surface area contributed by atoms with Crippen molar-refractivity contribution in [2.24, 2.45) is 0 Å². The fraction of sp³-hybridized carbons (Fsp3) is 1.00. The third kappa shape index (κ3) is 2.46. The third-order valence-electron chi connectivity index (χ3n) is 1.18. The molecule has 0 heterocycles. The van der Waals surface area contributed by atoms with Gasteiger partial charge in [-0.15, -0.1) is 0 Å². The van der Waals surface area contributed by atoms with Gasteiger partial charge in [-0.05, 0) is 0 Å². The first-order valence-corrected chi connectivity index (χ1v) is 3.02. The van der Waals surface area contributed by atoms with Crippen molar-refractivity contribution in [3.8, 4) is 0 Å². The number of hydrogen-bond donors (Lipinski definition) is 0. The molecule has 0 aromatic heterocycles. The monoisotopic (exact) mass is 232 g/mol. The first-order chi connectivity index (χ1) is 6.06. The van der Waals surface area contributed by atoms with E-state index in [1.807, 2.05) is 0 Å². The van der Waals surface area contributed by atoms with E-state index in [0.29, 0.717) is 0 Å². The predicted octanol–water partition coefficient (Wildman–Crippen LogP) is 2.76. The fourth-order valence-electron chi connectivity index (χ4n) is 0.465. The van der Waals surface area contributed by atoms with Gasteiger partial charge in [-0.2, -0.15) is 30.7 Å². The molecule has 0 bridgehead atoms. The molecule has 0 radical (unpaired) electrons. The molecule has 0 amide bonds. The normalized spacial score (nSPS) is 14.6. The quantitative estimate of drug-likeness (QED) is 0.677. The summed E-state index contributed by atoms with van der Waals surface area (Å²) in [7, 11) is 0. The van der Waals surface area contributed by atoms with E-state index in [1.165, 1.54) is 0 Å². The maximum absolute atomic E-state index is 12.1. The van der Waals surface area contributed by atoms with E-state index in [2.05, 4.69) is 4.74 Å². The van der Waals surface area contributed by atoms with Gasteiger partial charge in [0, 0.05) is 0 Å². The molecule has 0 atom stereocenters. The summed E-state index contributed by atoms with van der Waals surface area (Å²) in [6.45, 7) is -4.21. The third-order valence-corrected chi connectivity index (χ3v) is 1.18. The molecule has 86 valence electrons. The van der Waals surface area contributed by atoms with E-state index in [-0.39, 0.29) is 0 Å². The van der Waals surface area contributed by atoms with Gasteiger partial charge in [0.15, 0.2) is 6.86 Å². The van der Waals surface area contributed by atoms with Crippen molar-refractivity contribution in [3.63, 3.8) is 0 Å². The van der Waals surface area contributed by atoms with Gasteiger partial charge in [-0.25, -0.2) is 4.39 Å². The second-order valence-electron chi connectivity index (χ2n) is 2.23. The van der Waals surface area contributed by atoms with Crippen LogP contribution in [0.1, 0.15) is 0 Å². The molecular formula is C5H4F8O. The Kier molecular flexibility index (Phi) is 3.71. The Morgan fingerprint density at radius 3 is 1.57 bits per heavy atom. The average Bonchev–Trinajstić information content (AvgIpc) is 1.98. The summed E-state index contributed by atoms with van der Waals surface area (Å²) in [6, 6.07) is 0. The molecule has 0 aromatic carbocycles. The molecule has 1 nitrogen and oxygen atoms in total. The molecule has 0 saturated carbocycles. The summed E-state index contributed by atoms with van der Waals surface area (Å²) < 4.78 is 96.6. The molecule has 9 heteroatoms. The largest absolute Gasteiger partial charge is 0.459 e. The van der Waals surface area contributed by atoms with Gasteiger partial charge in [0.2, 0.25) is 0 Å². The maximum Gasteiger partial charge on any atom is 0.459 e.